The van der Waals surface area contributed by atoms with Crippen molar-refractivity contribution < 1.29 is 14.6 Å². The van der Waals surface area contributed by atoms with Crippen LogP contribution in [-0.2, 0) is 6.54 Å². The number of aryl methyl sites for hydroxylation is 1. The zero-order valence-corrected chi connectivity index (χ0v) is 17.9. The van der Waals surface area contributed by atoms with Gasteiger partial charge in [-0.25, -0.2) is 4.79 Å². The van der Waals surface area contributed by atoms with Crippen LogP contribution < -0.4 is 10.4 Å². The molecule has 0 saturated carbocycles. The maximum atomic E-state index is 12.8. The number of rotatable bonds is 6. The quantitative estimate of drug-likeness (QED) is 0.745. The zero-order chi connectivity index (χ0) is 21.7. The number of ether oxygens (including phenoxy) is 1. The van der Waals surface area contributed by atoms with Crippen molar-refractivity contribution >= 4 is 5.91 Å². The van der Waals surface area contributed by atoms with Gasteiger partial charge in [0.05, 0.1) is 12.7 Å². The minimum Gasteiger partial charge on any atom is -0.497 e. The fourth-order valence-corrected chi connectivity index (χ4v) is 3.99. The molecule has 2 aromatic rings. The zero-order valence-electron chi connectivity index (χ0n) is 17.9. The Labute approximate surface area is 176 Å². The number of likely N-dealkylation sites (N-methyl/N-ethyl adjacent to an activating group) is 1. The van der Waals surface area contributed by atoms with Gasteiger partial charge in [-0.2, -0.15) is 4.98 Å². The molecule has 1 aliphatic rings. The highest BCUT2D eigenvalue weighted by Crippen LogP contribution is 2.25. The number of aliphatic hydroxyl groups is 1. The fraction of sp³-hybridized carbons (Fsp3) is 0.500. The predicted molar refractivity (Wildman–Crippen MR) is 114 cm³/mol. The molecule has 0 spiro atoms. The lowest BCUT2D eigenvalue weighted by Gasteiger charge is -2.31. The van der Waals surface area contributed by atoms with Crippen molar-refractivity contribution in [2.24, 2.45) is 0 Å². The van der Waals surface area contributed by atoms with Crippen molar-refractivity contribution in [2.45, 2.75) is 38.3 Å². The molecular weight excluding hydrogens is 384 g/mol. The topological polar surface area (TPSA) is 98.8 Å². The lowest BCUT2D eigenvalue weighted by atomic mass is 9.94. The molecule has 162 valence electrons. The van der Waals surface area contributed by atoms with Gasteiger partial charge in [0, 0.05) is 31.9 Å². The maximum absolute atomic E-state index is 12.8. The van der Waals surface area contributed by atoms with E-state index in [9.17, 15) is 14.7 Å². The summed E-state index contributed by atoms with van der Waals surface area (Å²) in [5, 5.41) is 11.2. The van der Waals surface area contributed by atoms with Gasteiger partial charge in [-0.05, 0) is 57.0 Å². The van der Waals surface area contributed by atoms with Gasteiger partial charge in [-0.1, -0.05) is 12.1 Å². The molecule has 1 aliphatic heterocycles. The number of aromatic amines is 1. The predicted octanol–water partition coefficient (Wildman–Crippen LogP) is 1.58. The van der Waals surface area contributed by atoms with E-state index in [0.717, 1.165) is 11.3 Å². The summed E-state index contributed by atoms with van der Waals surface area (Å²) >= 11 is 0. The Morgan fingerprint density at radius 2 is 2.03 bits per heavy atom. The molecule has 1 saturated heterocycles. The van der Waals surface area contributed by atoms with Crippen LogP contribution in [0.5, 0.6) is 5.75 Å². The number of nitrogens with one attached hydrogen (secondary N) is 1. The number of nitrogens with zero attached hydrogens (tertiary/aromatic N) is 3. The number of benzene rings is 1. The van der Waals surface area contributed by atoms with Crippen molar-refractivity contribution in [3.05, 3.63) is 57.8 Å². The molecule has 30 heavy (non-hydrogen) atoms. The third-order valence-corrected chi connectivity index (χ3v) is 5.48. The van der Waals surface area contributed by atoms with Crippen LogP contribution in [0.3, 0.4) is 0 Å². The molecule has 8 heteroatoms. The second-order valence-corrected chi connectivity index (χ2v) is 8.15. The fourth-order valence-electron chi connectivity index (χ4n) is 3.99. The van der Waals surface area contributed by atoms with Gasteiger partial charge < -0.3 is 19.7 Å². The van der Waals surface area contributed by atoms with E-state index in [1.165, 1.54) is 0 Å². The molecule has 1 fully saturated rings. The van der Waals surface area contributed by atoms with Crippen molar-refractivity contribution in [1.29, 1.82) is 0 Å². The van der Waals surface area contributed by atoms with E-state index in [2.05, 4.69) is 14.9 Å². The minimum atomic E-state index is -0.867. The average molecular weight is 415 g/mol. The molecular formula is C22H30N4O4. The van der Waals surface area contributed by atoms with E-state index in [1.807, 2.05) is 31.3 Å². The Kier molecular flexibility index (Phi) is 6.89. The minimum absolute atomic E-state index is 0.151. The number of likely N-dealkylation sites (tertiary alicyclic amines) is 1. The summed E-state index contributed by atoms with van der Waals surface area (Å²) in [6, 6.07) is 9.48. The number of carbonyl (C=O) groups excluding carboxylic acids is 1. The molecule has 1 amide bonds. The smallest absolute Gasteiger partial charge is 0.345 e. The van der Waals surface area contributed by atoms with Crippen LogP contribution in [0.15, 0.2) is 35.1 Å². The van der Waals surface area contributed by atoms with Gasteiger partial charge >= 0.3 is 5.69 Å². The lowest BCUT2D eigenvalue weighted by Crippen LogP contribution is -2.42. The summed E-state index contributed by atoms with van der Waals surface area (Å²) in [7, 11) is 3.63. The normalized spacial score (nSPS) is 19.6. The number of aromatic nitrogens is 2. The first kappa shape index (κ1) is 22.0. The highest BCUT2D eigenvalue weighted by molar-refractivity contribution is 5.92. The second kappa shape index (κ2) is 9.40. The van der Waals surface area contributed by atoms with Crippen LogP contribution in [0, 0.1) is 6.92 Å². The Morgan fingerprint density at radius 1 is 1.30 bits per heavy atom. The third kappa shape index (κ3) is 5.67. The van der Waals surface area contributed by atoms with Crippen LogP contribution in [0.1, 0.15) is 41.0 Å². The van der Waals surface area contributed by atoms with Gasteiger partial charge in [-0.3, -0.25) is 9.69 Å². The molecule has 2 heterocycles. The highest BCUT2D eigenvalue weighted by Gasteiger charge is 2.33. The SMILES string of the molecule is COc1ccc(CN(C)C[C@]2(O)CCCN(C(=O)c3cc(C)[nH]c(=O)n3)CC2)cc1. The Balaban J connectivity index is 1.59. The first-order valence-corrected chi connectivity index (χ1v) is 10.2. The van der Waals surface area contributed by atoms with Crippen molar-refractivity contribution in [3.8, 4) is 5.75 Å². The Bertz CT molecular complexity index is 927. The summed E-state index contributed by atoms with van der Waals surface area (Å²) in [6.45, 7) is 3.92. The number of H-pyrrole nitrogens is 1. The van der Waals surface area contributed by atoms with E-state index >= 15 is 0 Å². The molecule has 1 atom stereocenters. The summed E-state index contributed by atoms with van der Waals surface area (Å²) < 4.78 is 5.19. The van der Waals surface area contributed by atoms with Crippen molar-refractivity contribution in [3.63, 3.8) is 0 Å². The summed E-state index contributed by atoms with van der Waals surface area (Å²) in [5.74, 6) is 0.554. The van der Waals surface area contributed by atoms with Crippen LogP contribution in [0.25, 0.3) is 0 Å². The van der Waals surface area contributed by atoms with Crippen LogP contribution >= 0.6 is 0 Å². The number of carbonyl (C=O) groups is 1. The molecule has 0 bridgehead atoms. The van der Waals surface area contributed by atoms with E-state index < -0.39 is 11.3 Å². The van der Waals surface area contributed by atoms with Crippen LogP contribution in [0.4, 0.5) is 0 Å². The largest absolute Gasteiger partial charge is 0.497 e. The summed E-state index contributed by atoms with van der Waals surface area (Å²) in [5.41, 5.74) is 0.504. The highest BCUT2D eigenvalue weighted by atomic mass is 16.5. The molecule has 2 N–H and O–H groups in total. The molecule has 1 aromatic carbocycles. The average Bonchev–Trinajstić information content (AvgIpc) is 2.88. The monoisotopic (exact) mass is 414 g/mol. The number of amides is 1. The maximum Gasteiger partial charge on any atom is 0.345 e. The van der Waals surface area contributed by atoms with Crippen molar-refractivity contribution in [2.75, 3.05) is 33.8 Å². The van der Waals surface area contributed by atoms with Gasteiger partial charge in [0.2, 0.25) is 0 Å². The third-order valence-electron chi connectivity index (χ3n) is 5.48. The van der Waals surface area contributed by atoms with Gasteiger partial charge in [0.25, 0.3) is 5.91 Å². The molecule has 8 nitrogen and oxygen atoms in total. The Morgan fingerprint density at radius 3 is 2.70 bits per heavy atom. The van der Waals surface area contributed by atoms with Crippen LogP contribution in [0.2, 0.25) is 0 Å². The van der Waals surface area contributed by atoms with E-state index in [-0.39, 0.29) is 11.6 Å². The lowest BCUT2D eigenvalue weighted by molar-refractivity contribution is -0.00402. The number of hydrogen-bond donors (Lipinski definition) is 2. The van der Waals surface area contributed by atoms with Crippen molar-refractivity contribution in [1.82, 2.24) is 19.8 Å². The second-order valence-electron chi connectivity index (χ2n) is 8.15. The van der Waals surface area contributed by atoms with E-state index in [4.69, 9.17) is 4.74 Å². The standard InChI is InChI=1S/C22H30N4O4/c1-16-13-19(24-21(28)23-16)20(27)26-11-4-9-22(29,10-12-26)15-25(2)14-17-5-7-18(30-3)8-6-17/h5-8,13,29H,4,9-12,14-15H2,1-3H3,(H,23,24,28)/t22-/m0/s1. The van der Waals surface area contributed by atoms with Gasteiger partial charge in [-0.15, -0.1) is 0 Å². The molecule has 0 aliphatic carbocycles. The first-order chi connectivity index (χ1) is 14.3. The molecule has 1 aromatic heterocycles. The molecule has 3 rings (SSSR count). The summed E-state index contributed by atoms with van der Waals surface area (Å²) in [6.07, 6.45) is 1.79. The Hall–Kier alpha value is -2.71. The summed E-state index contributed by atoms with van der Waals surface area (Å²) in [4.78, 5) is 34.5. The van der Waals surface area contributed by atoms with Gasteiger partial charge in [0.15, 0.2) is 0 Å². The number of methoxy groups -OCH3 is 1. The van der Waals surface area contributed by atoms with E-state index in [0.29, 0.717) is 51.1 Å². The molecule has 0 radical (unpaired) electrons. The van der Waals surface area contributed by atoms with Crippen LogP contribution in [-0.4, -0.2) is 70.2 Å². The molecule has 0 unspecified atom stereocenters. The van der Waals surface area contributed by atoms with Gasteiger partial charge in [0.1, 0.15) is 11.4 Å². The number of hydrogen-bond acceptors (Lipinski definition) is 6. The first-order valence-electron chi connectivity index (χ1n) is 10.2. The van der Waals surface area contributed by atoms with E-state index in [1.54, 1.807) is 25.0 Å².